The van der Waals surface area contributed by atoms with Crippen LogP contribution in [0.25, 0.3) is 0 Å². The Kier molecular flexibility index (Phi) is 7.66. The lowest BCUT2D eigenvalue weighted by Gasteiger charge is -2.20. The predicted octanol–water partition coefficient (Wildman–Crippen LogP) is 2.57. The standard InChI is InChI=1S/C15H25ClN2O2S/c1-4-10-18(5-2)11-9-17-12-13-14(16)7-6-8-15(13)21(3,19)20/h6-8,17H,4-5,9-12H2,1-3H3. The van der Waals surface area contributed by atoms with Gasteiger partial charge < -0.3 is 10.2 Å². The van der Waals surface area contributed by atoms with E-state index in [-0.39, 0.29) is 0 Å². The average Bonchev–Trinajstić information content (AvgIpc) is 2.42. The molecule has 0 bridgehead atoms. The van der Waals surface area contributed by atoms with Crippen molar-refractivity contribution >= 4 is 21.4 Å². The maximum atomic E-state index is 11.8. The number of nitrogens with zero attached hydrogens (tertiary/aromatic N) is 1. The van der Waals surface area contributed by atoms with Gasteiger partial charge in [-0.25, -0.2) is 8.42 Å². The Labute approximate surface area is 133 Å². The zero-order chi connectivity index (χ0) is 15.9. The van der Waals surface area contributed by atoms with Crippen LogP contribution in [0.3, 0.4) is 0 Å². The van der Waals surface area contributed by atoms with E-state index in [1.54, 1.807) is 18.2 Å². The molecule has 0 atom stereocenters. The van der Waals surface area contributed by atoms with Crippen molar-refractivity contribution in [2.45, 2.75) is 31.7 Å². The molecule has 0 saturated carbocycles. The van der Waals surface area contributed by atoms with Crippen LogP contribution in [0, 0.1) is 0 Å². The molecule has 120 valence electrons. The van der Waals surface area contributed by atoms with Gasteiger partial charge in [-0.15, -0.1) is 0 Å². The highest BCUT2D eigenvalue weighted by Crippen LogP contribution is 2.23. The molecule has 0 radical (unpaired) electrons. The summed E-state index contributed by atoms with van der Waals surface area (Å²) in [5.41, 5.74) is 0.653. The van der Waals surface area contributed by atoms with Crippen molar-refractivity contribution in [1.82, 2.24) is 10.2 Å². The second-order valence-electron chi connectivity index (χ2n) is 5.10. The van der Waals surface area contributed by atoms with Crippen molar-refractivity contribution in [3.63, 3.8) is 0 Å². The van der Waals surface area contributed by atoms with Crippen LogP contribution in [0.4, 0.5) is 0 Å². The SMILES string of the molecule is CCCN(CC)CCNCc1c(Cl)cccc1S(C)(=O)=O. The molecular weight excluding hydrogens is 308 g/mol. The van der Waals surface area contributed by atoms with Gasteiger partial charge in [0.25, 0.3) is 0 Å². The van der Waals surface area contributed by atoms with Crippen molar-refractivity contribution in [3.8, 4) is 0 Å². The highest BCUT2D eigenvalue weighted by Gasteiger charge is 2.15. The van der Waals surface area contributed by atoms with Crippen LogP contribution in [0.2, 0.25) is 5.02 Å². The van der Waals surface area contributed by atoms with Gasteiger partial charge in [0.2, 0.25) is 0 Å². The Bertz CT molecular complexity index is 547. The lowest BCUT2D eigenvalue weighted by atomic mass is 10.2. The molecule has 0 aliphatic rings. The van der Waals surface area contributed by atoms with E-state index in [2.05, 4.69) is 24.1 Å². The number of hydrogen-bond acceptors (Lipinski definition) is 4. The van der Waals surface area contributed by atoms with Crippen LogP contribution in [0.5, 0.6) is 0 Å². The zero-order valence-corrected chi connectivity index (χ0v) is 14.6. The van der Waals surface area contributed by atoms with Crippen LogP contribution in [0.15, 0.2) is 23.1 Å². The first-order valence-electron chi connectivity index (χ1n) is 7.30. The smallest absolute Gasteiger partial charge is 0.175 e. The summed E-state index contributed by atoms with van der Waals surface area (Å²) in [6.07, 6.45) is 2.35. The summed E-state index contributed by atoms with van der Waals surface area (Å²) >= 11 is 6.14. The summed E-state index contributed by atoms with van der Waals surface area (Å²) in [7, 11) is -3.26. The van der Waals surface area contributed by atoms with E-state index in [9.17, 15) is 8.42 Å². The topological polar surface area (TPSA) is 49.4 Å². The molecule has 0 aliphatic carbocycles. The number of benzene rings is 1. The fraction of sp³-hybridized carbons (Fsp3) is 0.600. The first-order valence-corrected chi connectivity index (χ1v) is 9.57. The Hall–Kier alpha value is -0.620. The van der Waals surface area contributed by atoms with E-state index in [1.165, 1.54) is 6.26 Å². The van der Waals surface area contributed by atoms with E-state index >= 15 is 0 Å². The predicted molar refractivity (Wildman–Crippen MR) is 88.7 cm³/mol. The monoisotopic (exact) mass is 332 g/mol. The summed E-state index contributed by atoms with van der Waals surface area (Å²) in [4.78, 5) is 2.67. The molecule has 0 spiro atoms. The molecule has 4 nitrogen and oxygen atoms in total. The number of hydrogen-bond donors (Lipinski definition) is 1. The molecule has 1 rings (SSSR count). The summed E-state index contributed by atoms with van der Waals surface area (Å²) in [6.45, 7) is 8.63. The number of halogens is 1. The van der Waals surface area contributed by atoms with Gasteiger partial charge in [0.1, 0.15) is 0 Å². The molecular formula is C15H25ClN2O2S. The quantitative estimate of drug-likeness (QED) is 0.706. The normalized spacial score (nSPS) is 12.0. The zero-order valence-electron chi connectivity index (χ0n) is 13.0. The van der Waals surface area contributed by atoms with Gasteiger partial charge in [-0.3, -0.25) is 0 Å². The second-order valence-corrected chi connectivity index (χ2v) is 7.49. The minimum absolute atomic E-state index is 0.309. The van der Waals surface area contributed by atoms with Crippen LogP contribution in [-0.2, 0) is 16.4 Å². The summed E-state index contributed by atoms with van der Waals surface area (Å²) in [5, 5.41) is 3.78. The van der Waals surface area contributed by atoms with Gasteiger partial charge in [0.05, 0.1) is 4.90 Å². The van der Waals surface area contributed by atoms with Crippen molar-refractivity contribution in [3.05, 3.63) is 28.8 Å². The van der Waals surface area contributed by atoms with E-state index in [1.807, 2.05) is 0 Å². The number of likely N-dealkylation sites (N-methyl/N-ethyl adjacent to an activating group) is 1. The van der Waals surface area contributed by atoms with Crippen LogP contribution in [0.1, 0.15) is 25.8 Å². The molecule has 0 fully saturated rings. The number of sulfone groups is 1. The average molecular weight is 333 g/mol. The van der Waals surface area contributed by atoms with E-state index in [0.717, 1.165) is 32.6 Å². The fourth-order valence-electron chi connectivity index (χ4n) is 2.25. The lowest BCUT2D eigenvalue weighted by molar-refractivity contribution is 0.287. The van der Waals surface area contributed by atoms with Gasteiger partial charge >= 0.3 is 0 Å². The molecule has 0 saturated heterocycles. The summed E-state index contributed by atoms with van der Waals surface area (Å²) < 4.78 is 23.6. The number of rotatable bonds is 9. The molecule has 0 heterocycles. The third-order valence-corrected chi connectivity index (χ3v) is 4.90. The Balaban J connectivity index is 2.64. The molecule has 0 aliphatic heterocycles. The summed E-state index contributed by atoms with van der Waals surface area (Å²) in [6, 6.07) is 5.00. The third-order valence-electron chi connectivity index (χ3n) is 3.37. The van der Waals surface area contributed by atoms with Crippen LogP contribution < -0.4 is 5.32 Å². The minimum Gasteiger partial charge on any atom is -0.311 e. The van der Waals surface area contributed by atoms with E-state index < -0.39 is 9.84 Å². The van der Waals surface area contributed by atoms with Gasteiger partial charge in [-0.2, -0.15) is 0 Å². The van der Waals surface area contributed by atoms with Crippen molar-refractivity contribution in [2.75, 3.05) is 32.4 Å². The van der Waals surface area contributed by atoms with Gasteiger partial charge in [-0.05, 0) is 31.6 Å². The maximum Gasteiger partial charge on any atom is 0.175 e. The largest absolute Gasteiger partial charge is 0.311 e. The first-order chi connectivity index (χ1) is 9.90. The third kappa shape index (κ3) is 5.94. The van der Waals surface area contributed by atoms with Crippen molar-refractivity contribution in [1.29, 1.82) is 0 Å². The summed E-state index contributed by atoms with van der Waals surface area (Å²) in [5.74, 6) is 0. The Morgan fingerprint density at radius 1 is 1.24 bits per heavy atom. The van der Waals surface area contributed by atoms with Gasteiger partial charge in [0, 0.05) is 36.5 Å². The maximum absolute atomic E-state index is 11.8. The molecule has 0 aromatic heterocycles. The Morgan fingerprint density at radius 3 is 2.52 bits per heavy atom. The molecule has 0 unspecified atom stereocenters. The van der Waals surface area contributed by atoms with Crippen molar-refractivity contribution < 1.29 is 8.42 Å². The molecule has 1 N–H and O–H groups in total. The molecule has 1 aromatic rings. The van der Waals surface area contributed by atoms with E-state index in [0.29, 0.717) is 22.0 Å². The Morgan fingerprint density at radius 2 is 1.95 bits per heavy atom. The second kappa shape index (κ2) is 8.73. The van der Waals surface area contributed by atoms with Crippen LogP contribution >= 0.6 is 11.6 Å². The van der Waals surface area contributed by atoms with Gasteiger partial charge in [-0.1, -0.05) is 31.5 Å². The highest BCUT2D eigenvalue weighted by atomic mass is 35.5. The minimum atomic E-state index is -3.26. The molecule has 21 heavy (non-hydrogen) atoms. The highest BCUT2D eigenvalue weighted by molar-refractivity contribution is 7.90. The van der Waals surface area contributed by atoms with Crippen LogP contribution in [-0.4, -0.2) is 45.8 Å². The van der Waals surface area contributed by atoms with Gasteiger partial charge in [0.15, 0.2) is 9.84 Å². The lowest BCUT2D eigenvalue weighted by Crippen LogP contribution is -2.32. The van der Waals surface area contributed by atoms with E-state index in [4.69, 9.17) is 11.6 Å². The molecule has 1 aromatic carbocycles. The first kappa shape index (κ1) is 18.4. The number of nitrogens with one attached hydrogen (secondary N) is 1. The molecule has 0 amide bonds. The molecule has 6 heteroatoms. The fourth-order valence-corrected chi connectivity index (χ4v) is 3.51. The van der Waals surface area contributed by atoms with Crippen molar-refractivity contribution in [2.24, 2.45) is 0 Å².